The number of ether oxygens (including phenoxy) is 1. The fourth-order valence-corrected chi connectivity index (χ4v) is 2.33. The highest BCUT2D eigenvalue weighted by Crippen LogP contribution is 2.03. The van der Waals surface area contributed by atoms with Crippen molar-refractivity contribution in [3.8, 4) is 0 Å². The molecule has 2 heterocycles. The van der Waals surface area contributed by atoms with Crippen molar-refractivity contribution in [3.05, 3.63) is 18.0 Å². The van der Waals surface area contributed by atoms with Crippen LogP contribution in [0.3, 0.4) is 0 Å². The fourth-order valence-electron chi connectivity index (χ4n) is 2.33. The van der Waals surface area contributed by atoms with Crippen molar-refractivity contribution in [3.63, 3.8) is 0 Å². The highest BCUT2D eigenvalue weighted by molar-refractivity contribution is 5.81. The maximum atomic E-state index is 12.3. The van der Waals surface area contributed by atoms with Crippen molar-refractivity contribution in [1.82, 2.24) is 20.0 Å². The van der Waals surface area contributed by atoms with Gasteiger partial charge in [0.1, 0.15) is 0 Å². The van der Waals surface area contributed by atoms with Crippen molar-refractivity contribution >= 4 is 5.91 Å². The van der Waals surface area contributed by atoms with Gasteiger partial charge < -0.3 is 15.0 Å². The quantitative estimate of drug-likeness (QED) is 0.830. The lowest BCUT2D eigenvalue weighted by atomic mass is 10.2. The maximum Gasteiger partial charge on any atom is 0.239 e. The monoisotopic (exact) mass is 280 g/mol. The van der Waals surface area contributed by atoms with Crippen LogP contribution >= 0.6 is 0 Å². The normalized spacial score (nSPS) is 17.2. The number of nitrogens with zero attached hydrogens (tertiary/aromatic N) is 3. The minimum Gasteiger partial charge on any atom is -0.378 e. The van der Waals surface area contributed by atoms with Crippen LogP contribution in [0.15, 0.2) is 12.3 Å². The number of nitrogens with one attached hydrogen (secondary N) is 1. The molecule has 1 amide bonds. The van der Waals surface area contributed by atoms with Gasteiger partial charge in [0, 0.05) is 32.4 Å². The van der Waals surface area contributed by atoms with E-state index in [2.05, 4.69) is 17.3 Å². The molecule has 1 N–H and O–H groups in total. The van der Waals surface area contributed by atoms with Gasteiger partial charge in [-0.1, -0.05) is 6.92 Å². The third-order valence-electron chi connectivity index (χ3n) is 3.52. The lowest BCUT2D eigenvalue weighted by Crippen LogP contribution is -2.49. The predicted octanol–water partition coefficient (Wildman–Crippen LogP) is 0.630. The van der Waals surface area contributed by atoms with E-state index in [0.717, 1.165) is 18.7 Å². The Morgan fingerprint density at radius 2 is 2.25 bits per heavy atom. The summed E-state index contributed by atoms with van der Waals surface area (Å²) in [5, 5.41) is 7.57. The first kappa shape index (κ1) is 15.0. The van der Waals surface area contributed by atoms with Gasteiger partial charge in [-0.15, -0.1) is 0 Å². The number of amides is 1. The summed E-state index contributed by atoms with van der Waals surface area (Å²) in [5.41, 5.74) is 1.12. The Morgan fingerprint density at radius 3 is 2.95 bits per heavy atom. The van der Waals surface area contributed by atoms with Crippen LogP contribution in [-0.2, 0) is 22.6 Å². The number of aryl methyl sites for hydroxylation is 1. The largest absolute Gasteiger partial charge is 0.378 e. The van der Waals surface area contributed by atoms with Gasteiger partial charge in [-0.2, -0.15) is 5.10 Å². The van der Waals surface area contributed by atoms with Gasteiger partial charge in [0.05, 0.1) is 24.9 Å². The van der Waals surface area contributed by atoms with Crippen LogP contribution in [0, 0.1) is 0 Å². The first-order chi connectivity index (χ1) is 9.72. The summed E-state index contributed by atoms with van der Waals surface area (Å²) in [4.78, 5) is 14.1. The predicted molar refractivity (Wildman–Crippen MR) is 76.2 cm³/mol. The third-order valence-corrected chi connectivity index (χ3v) is 3.52. The van der Waals surface area contributed by atoms with Crippen molar-refractivity contribution < 1.29 is 9.53 Å². The van der Waals surface area contributed by atoms with E-state index in [-0.39, 0.29) is 11.9 Å². The Hall–Kier alpha value is -1.40. The second-order valence-corrected chi connectivity index (χ2v) is 5.09. The lowest BCUT2D eigenvalue weighted by Gasteiger charge is -2.29. The topological polar surface area (TPSA) is 59.4 Å². The molecule has 1 atom stereocenters. The molecular weight excluding hydrogens is 256 g/mol. The summed E-state index contributed by atoms with van der Waals surface area (Å²) >= 11 is 0. The molecule has 0 radical (unpaired) electrons. The maximum absolute atomic E-state index is 12.3. The second kappa shape index (κ2) is 7.40. The minimum atomic E-state index is -0.182. The second-order valence-electron chi connectivity index (χ2n) is 5.09. The molecule has 112 valence electrons. The van der Waals surface area contributed by atoms with Crippen LogP contribution in [0.2, 0.25) is 0 Å². The molecule has 0 saturated carbocycles. The molecule has 0 bridgehead atoms. The first-order valence-electron chi connectivity index (χ1n) is 7.33. The molecule has 1 aromatic heterocycles. The van der Waals surface area contributed by atoms with Crippen LogP contribution in [-0.4, -0.2) is 52.9 Å². The average molecular weight is 280 g/mol. The van der Waals surface area contributed by atoms with E-state index in [1.54, 1.807) is 6.20 Å². The van der Waals surface area contributed by atoms with E-state index in [1.807, 2.05) is 22.6 Å². The molecule has 6 nitrogen and oxygen atoms in total. The van der Waals surface area contributed by atoms with Gasteiger partial charge >= 0.3 is 0 Å². The zero-order valence-electron chi connectivity index (χ0n) is 12.3. The SMILES string of the molecule is CCCn1nccc1CNC(C)C(=O)N1CCOCC1. The van der Waals surface area contributed by atoms with Crippen molar-refractivity contribution in [1.29, 1.82) is 0 Å². The molecule has 1 aliphatic heterocycles. The Balaban J connectivity index is 1.83. The highest BCUT2D eigenvalue weighted by Gasteiger charge is 2.22. The molecule has 1 saturated heterocycles. The van der Waals surface area contributed by atoms with Crippen LogP contribution in [0.5, 0.6) is 0 Å². The zero-order valence-corrected chi connectivity index (χ0v) is 12.3. The number of carbonyl (C=O) groups is 1. The minimum absolute atomic E-state index is 0.148. The number of rotatable bonds is 6. The molecule has 6 heteroatoms. The van der Waals surface area contributed by atoms with Gasteiger partial charge in [0.2, 0.25) is 5.91 Å². The zero-order chi connectivity index (χ0) is 14.4. The fraction of sp³-hybridized carbons (Fsp3) is 0.714. The summed E-state index contributed by atoms with van der Waals surface area (Å²) in [6, 6.07) is 1.81. The summed E-state index contributed by atoms with van der Waals surface area (Å²) in [7, 11) is 0. The number of morpholine rings is 1. The van der Waals surface area contributed by atoms with Crippen LogP contribution in [0.25, 0.3) is 0 Å². The van der Waals surface area contributed by atoms with E-state index < -0.39 is 0 Å². The molecule has 0 aromatic carbocycles. The lowest BCUT2D eigenvalue weighted by molar-refractivity contribution is -0.137. The first-order valence-corrected chi connectivity index (χ1v) is 7.33. The summed E-state index contributed by atoms with van der Waals surface area (Å²) in [6.07, 6.45) is 2.86. The standard InChI is InChI=1S/C14H24N4O2/c1-3-6-18-13(4-5-16-18)11-15-12(2)14(19)17-7-9-20-10-8-17/h4-5,12,15H,3,6-11H2,1-2H3. The van der Waals surface area contributed by atoms with Crippen molar-refractivity contribution in [2.24, 2.45) is 0 Å². The molecule has 1 unspecified atom stereocenters. The average Bonchev–Trinajstić information content (AvgIpc) is 2.92. The van der Waals surface area contributed by atoms with Gasteiger partial charge in [-0.25, -0.2) is 0 Å². The number of carbonyl (C=O) groups excluding carboxylic acids is 1. The Bertz CT molecular complexity index is 427. The molecule has 0 aliphatic carbocycles. The number of aromatic nitrogens is 2. The molecular formula is C14H24N4O2. The highest BCUT2D eigenvalue weighted by atomic mass is 16.5. The summed E-state index contributed by atoms with van der Waals surface area (Å²) in [5.74, 6) is 0.148. The Morgan fingerprint density at radius 1 is 1.50 bits per heavy atom. The Labute approximate surface area is 120 Å². The molecule has 0 spiro atoms. The van der Waals surface area contributed by atoms with Gasteiger partial charge in [-0.3, -0.25) is 9.48 Å². The van der Waals surface area contributed by atoms with E-state index in [0.29, 0.717) is 32.8 Å². The van der Waals surface area contributed by atoms with Crippen molar-refractivity contribution in [2.75, 3.05) is 26.3 Å². The number of hydrogen-bond donors (Lipinski definition) is 1. The van der Waals surface area contributed by atoms with E-state index in [4.69, 9.17) is 4.74 Å². The van der Waals surface area contributed by atoms with Crippen LogP contribution in [0.4, 0.5) is 0 Å². The van der Waals surface area contributed by atoms with E-state index >= 15 is 0 Å². The van der Waals surface area contributed by atoms with Gasteiger partial charge in [-0.05, 0) is 19.4 Å². The molecule has 2 rings (SSSR count). The van der Waals surface area contributed by atoms with Gasteiger partial charge in [0.25, 0.3) is 0 Å². The van der Waals surface area contributed by atoms with Gasteiger partial charge in [0.15, 0.2) is 0 Å². The molecule has 20 heavy (non-hydrogen) atoms. The molecule has 1 aliphatic rings. The van der Waals surface area contributed by atoms with E-state index in [9.17, 15) is 4.79 Å². The molecule has 1 fully saturated rings. The van der Waals surface area contributed by atoms with Crippen molar-refractivity contribution in [2.45, 2.75) is 39.4 Å². The number of hydrogen-bond acceptors (Lipinski definition) is 4. The van der Waals surface area contributed by atoms with Crippen LogP contribution in [0.1, 0.15) is 26.0 Å². The summed E-state index contributed by atoms with van der Waals surface area (Å²) < 4.78 is 7.25. The summed E-state index contributed by atoms with van der Waals surface area (Å²) in [6.45, 7) is 8.29. The van der Waals surface area contributed by atoms with Crippen LogP contribution < -0.4 is 5.32 Å². The Kier molecular flexibility index (Phi) is 5.55. The third kappa shape index (κ3) is 3.80. The smallest absolute Gasteiger partial charge is 0.239 e. The molecule has 1 aromatic rings. The van der Waals surface area contributed by atoms with E-state index in [1.165, 1.54) is 0 Å².